The van der Waals surface area contributed by atoms with Crippen LogP contribution in [-0.4, -0.2) is 9.67 Å². The number of aromatic nitrogens is 1. The van der Waals surface area contributed by atoms with E-state index in [0.717, 1.165) is 42.5 Å². The molecule has 5 rings (SSSR count). The van der Waals surface area contributed by atoms with Crippen LogP contribution in [0.1, 0.15) is 16.7 Å². The lowest BCUT2D eigenvalue weighted by Crippen LogP contribution is -2.28. The van der Waals surface area contributed by atoms with Crippen molar-refractivity contribution in [1.82, 2.24) is 4.57 Å². The van der Waals surface area contributed by atoms with Gasteiger partial charge in [-0.25, -0.2) is 0 Å². The van der Waals surface area contributed by atoms with E-state index in [1.54, 1.807) is 0 Å². The zero-order valence-corrected chi connectivity index (χ0v) is 17.4. The average Bonchev–Trinajstić information content (AvgIpc) is 3.29. The number of benzene rings is 3. The third-order valence-electron chi connectivity index (χ3n) is 5.21. The van der Waals surface area contributed by atoms with Crippen molar-refractivity contribution in [3.63, 3.8) is 0 Å². The minimum atomic E-state index is -1.24. The van der Waals surface area contributed by atoms with Crippen molar-refractivity contribution < 1.29 is 5.11 Å². The Hall–Kier alpha value is -2.14. The number of hydrogen-bond donors (Lipinski definition) is 1. The minimum Gasteiger partial charge on any atom is -0.376 e. The Morgan fingerprint density at radius 3 is 1.81 bits per heavy atom. The quantitative estimate of drug-likeness (QED) is 0.359. The van der Waals surface area contributed by atoms with Gasteiger partial charge in [-0.05, 0) is 53.6 Å². The summed E-state index contributed by atoms with van der Waals surface area (Å²) in [6.07, 6.45) is 4.00. The number of nitrogens with zero attached hydrogens (tertiary/aromatic N) is 1. The average molecular weight is 481 g/mol. The second-order valence-electron chi connectivity index (χ2n) is 6.70. The molecule has 4 heteroatoms. The van der Waals surface area contributed by atoms with Crippen LogP contribution in [0, 0.1) is 0 Å². The molecule has 0 bridgehead atoms. The molecule has 1 heterocycles. The van der Waals surface area contributed by atoms with Crippen LogP contribution in [0.5, 0.6) is 0 Å². The van der Waals surface area contributed by atoms with Gasteiger partial charge in [-0.1, -0.05) is 62.2 Å². The van der Waals surface area contributed by atoms with Crippen LogP contribution in [0.4, 0.5) is 0 Å². The van der Waals surface area contributed by atoms with E-state index in [0.29, 0.717) is 0 Å². The van der Waals surface area contributed by atoms with Crippen molar-refractivity contribution in [2.24, 2.45) is 0 Å². The first-order valence-electron chi connectivity index (χ1n) is 8.64. The summed E-state index contributed by atoms with van der Waals surface area (Å²) in [7, 11) is 0. The summed E-state index contributed by atoms with van der Waals surface area (Å²) < 4.78 is 3.94. The molecule has 4 aromatic rings. The van der Waals surface area contributed by atoms with Gasteiger partial charge >= 0.3 is 0 Å². The third-order valence-corrected chi connectivity index (χ3v) is 6.20. The predicted octanol–water partition coefficient (Wildman–Crippen LogP) is 6.27. The molecule has 0 saturated heterocycles. The normalized spacial score (nSPS) is 14.0. The number of para-hydroxylation sites is 1. The van der Waals surface area contributed by atoms with Gasteiger partial charge in [-0.3, -0.25) is 0 Å². The molecule has 27 heavy (non-hydrogen) atoms. The van der Waals surface area contributed by atoms with Gasteiger partial charge in [0.05, 0.1) is 5.69 Å². The molecule has 1 aromatic heterocycles. The standard InChI is InChI=1S/C23H15Br2NO/c24-15-7-9-17-18-10-8-16(25)14-21(18)23(27,20(17)13-15)19-5-1-2-6-22(19)26-11-3-4-12-26/h1-14,27H. The maximum absolute atomic E-state index is 12.2. The van der Waals surface area contributed by atoms with Gasteiger partial charge in [-0.2, -0.15) is 0 Å². The van der Waals surface area contributed by atoms with Crippen LogP contribution in [-0.2, 0) is 5.60 Å². The highest BCUT2D eigenvalue weighted by molar-refractivity contribution is 9.10. The lowest BCUT2D eigenvalue weighted by molar-refractivity contribution is 0.130. The van der Waals surface area contributed by atoms with Gasteiger partial charge in [0.25, 0.3) is 0 Å². The molecule has 1 aliphatic rings. The molecule has 2 nitrogen and oxygen atoms in total. The van der Waals surface area contributed by atoms with Gasteiger partial charge in [0, 0.05) is 38.0 Å². The molecule has 0 saturated carbocycles. The van der Waals surface area contributed by atoms with Crippen molar-refractivity contribution >= 4 is 31.9 Å². The lowest BCUT2D eigenvalue weighted by Gasteiger charge is -2.29. The third kappa shape index (κ3) is 2.48. The minimum absolute atomic E-state index is 0.859. The Balaban J connectivity index is 1.88. The molecule has 0 amide bonds. The monoisotopic (exact) mass is 479 g/mol. The summed E-state index contributed by atoms with van der Waals surface area (Å²) in [5.74, 6) is 0. The number of fused-ring (bicyclic) bond motifs is 3. The van der Waals surface area contributed by atoms with Crippen LogP contribution < -0.4 is 0 Å². The highest BCUT2D eigenvalue weighted by Crippen LogP contribution is 2.53. The Bertz CT molecular complexity index is 1110. The molecule has 0 radical (unpaired) electrons. The largest absolute Gasteiger partial charge is 0.376 e. The lowest BCUT2D eigenvalue weighted by atomic mass is 9.83. The van der Waals surface area contributed by atoms with E-state index in [4.69, 9.17) is 0 Å². The maximum Gasteiger partial charge on any atom is 0.143 e. The number of hydrogen-bond acceptors (Lipinski definition) is 1. The first-order valence-corrected chi connectivity index (χ1v) is 10.2. The van der Waals surface area contributed by atoms with Crippen LogP contribution in [0.25, 0.3) is 16.8 Å². The zero-order chi connectivity index (χ0) is 18.6. The molecule has 0 unspecified atom stereocenters. The topological polar surface area (TPSA) is 25.2 Å². The fourth-order valence-electron chi connectivity index (χ4n) is 4.04. The van der Waals surface area contributed by atoms with E-state index < -0.39 is 5.60 Å². The summed E-state index contributed by atoms with van der Waals surface area (Å²) >= 11 is 7.16. The summed E-state index contributed by atoms with van der Waals surface area (Å²) in [6.45, 7) is 0. The van der Waals surface area contributed by atoms with E-state index in [2.05, 4.69) is 44.0 Å². The van der Waals surface area contributed by atoms with Crippen molar-refractivity contribution in [3.05, 3.63) is 111 Å². The summed E-state index contributed by atoms with van der Waals surface area (Å²) in [5, 5.41) is 12.2. The molecule has 3 aromatic carbocycles. The molecular formula is C23H15Br2NO. The van der Waals surface area contributed by atoms with Crippen LogP contribution in [0.3, 0.4) is 0 Å². The van der Waals surface area contributed by atoms with Crippen LogP contribution >= 0.6 is 31.9 Å². The van der Waals surface area contributed by atoms with Gasteiger partial charge in [0.1, 0.15) is 5.60 Å². The van der Waals surface area contributed by atoms with Gasteiger partial charge in [0.2, 0.25) is 0 Å². The molecule has 1 N–H and O–H groups in total. The maximum atomic E-state index is 12.2. The smallest absolute Gasteiger partial charge is 0.143 e. The molecule has 1 aliphatic carbocycles. The molecule has 0 spiro atoms. The Labute approximate surface area is 174 Å². The van der Waals surface area contributed by atoms with Gasteiger partial charge < -0.3 is 9.67 Å². The first kappa shape index (κ1) is 17.0. The molecular weight excluding hydrogens is 466 g/mol. The predicted molar refractivity (Wildman–Crippen MR) is 115 cm³/mol. The van der Waals surface area contributed by atoms with Gasteiger partial charge in [0.15, 0.2) is 0 Å². The van der Waals surface area contributed by atoms with Crippen molar-refractivity contribution in [2.75, 3.05) is 0 Å². The van der Waals surface area contributed by atoms with Crippen molar-refractivity contribution in [2.45, 2.75) is 5.60 Å². The number of halogens is 2. The highest BCUT2D eigenvalue weighted by atomic mass is 79.9. The number of aliphatic hydroxyl groups is 1. The molecule has 0 atom stereocenters. The Morgan fingerprint density at radius 1 is 0.667 bits per heavy atom. The summed E-state index contributed by atoms with van der Waals surface area (Å²) in [4.78, 5) is 0. The molecule has 0 aliphatic heterocycles. The fraction of sp³-hybridized carbons (Fsp3) is 0.0435. The van der Waals surface area contributed by atoms with E-state index >= 15 is 0 Å². The van der Waals surface area contributed by atoms with Crippen molar-refractivity contribution in [3.8, 4) is 16.8 Å². The van der Waals surface area contributed by atoms with Crippen LogP contribution in [0.15, 0.2) is 94.1 Å². The van der Waals surface area contributed by atoms with Crippen LogP contribution in [0.2, 0.25) is 0 Å². The van der Waals surface area contributed by atoms with Crippen molar-refractivity contribution in [1.29, 1.82) is 0 Å². The van der Waals surface area contributed by atoms with Gasteiger partial charge in [-0.15, -0.1) is 0 Å². The Morgan fingerprint density at radius 2 is 1.22 bits per heavy atom. The SMILES string of the molecule is OC1(c2ccccc2-n2cccc2)c2cc(Br)ccc2-c2ccc(Br)cc21. The first-order chi connectivity index (χ1) is 13.1. The van der Waals surface area contributed by atoms with E-state index in [-0.39, 0.29) is 0 Å². The fourth-order valence-corrected chi connectivity index (χ4v) is 4.76. The molecule has 132 valence electrons. The number of rotatable bonds is 2. The summed E-state index contributed by atoms with van der Waals surface area (Å²) in [6, 6.07) is 24.2. The van der Waals surface area contributed by atoms with E-state index in [1.165, 1.54) is 0 Å². The Kier molecular flexibility index (Phi) is 3.90. The van der Waals surface area contributed by atoms with E-state index in [9.17, 15) is 5.11 Å². The second kappa shape index (κ2) is 6.20. The zero-order valence-electron chi connectivity index (χ0n) is 14.2. The van der Waals surface area contributed by atoms with E-state index in [1.807, 2.05) is 77.6 Å². The second-order valence-corrected chi connectivity index (χ2v) is 8.53. The molecule has 0 fully saturated rings. The summed E-state index contributed by atoms with van der Waals surface area (Å²) in [5.41, 5.74) is 4.49. The highest BCUT2D eigenvalue weighted by Gasteiger charge is 2.44.